The zero-order valence-corrected chi connectivity index (χ0v) is 15.4. The van der Waals surface area contributed by atoms with Crippen molar-refractivity contribution in [1.29, 1.82) is 0 Å². The number of nitrogens with zero attached hydrogens (tertiary/aromatic N) is 1. The largest absolute Gasteiger partial charge is 0.333 e. The number of rotatable bonds is 5. The predicted molar refractivity (Wildman–Crippen MR) is 101 cm³/mol. The molecule has 0 aromatic heterocycles. The van der Waals surface area contributed by atoms with Gasteiger partial charge in [-0.1, -0.05) is 19.3 Å². The van der Waals surface area contributed by atoms with Gasteiger partial charge in [-0.2, -0.15) is 0 Å². The van der Waals surface area contributed by atoms with Crippen molar-refractivity contribution in [2.75, 3.05) is 23.7 Å². The Morgan fingerprint density at radius 2 is 1.85 bits per heavy atom. The number of likely N-dealkylation sites (tertiary alicyclic amines) is 1. The molecule has 27 heavy (non-hydrogen) atoms. The lowest BCUT2D eigenvalue weighted by Gasteiger charge is -2.26. The first kappa shape index (κ1) is 19.3. The van der Waals surface area contributed by atoms with Crippen molar-refractivity contribution in [2.45, 2.75) is 51.4 Å². The van der Waals surface area contributed by atoms with Crippen molar-refractivity contribution in [3.8, 4) is 0 Å². The number of carbonyl (C=O) groups excluding carboxylic acids is 3. The number of nitrogens with one attached hydrogen (secondary N) is 2. The van der Waals surface area contributed by atoms with Crippen LogP contribution in [0.5, 0.6) is 0 Å². The van der Waals surface area contributed by atoms with Crippen LogP contribution in [0.1, 0.15) is 51.4 Å². The third-order valence-electron chi connectivity index (χ3n) is 5.24. The molecular formula is C20H26FN3O3. The molecule has 6 nitrogen and oxygen atoms in total. The fourth-order valence-electron chi connectivity index (χ4n) is 3.70. The molecule has 1 saturated carbocycles. The highest BCUT2D eigenvalue weighted by Crippen LogP contribution is 2.26. The van der Waals surface area contributed by atoms with E-state index >= 15 is 0 Å². The fourth-order valence-corrected chi connectivity index (χ4v) is 3.70. The van der Waals surface area contributed by atoms with Gasteiger partial charge in [0.2, 0.25) is 17.7 Å². The van der Waals surface area contributed by atoms with E-state index in [2.05, 4.69) is 10.6 Å². The van der Waals surface area contributed by atoms with Gasteiger partial charge in [-0.25, -0.2) is 4.39 Å². The highest BCUT2D eigenvalue weighted by Gasteiger charge is 2.23. The Morgan fingerprint density at radius 1 is 1.07 bits per heavy atom. The highest BCUT2D eigenvalue weighted by atomic mass is 19.1. The lowest BCUT2D eigenvalue weighted by atomic mass is 9.88. The Bertz CT molecular complexity index is 716. The molecule has 1 aromatic carbocycles. The van der Waals surface area contributed by atoms with Gasteiger partial charge in [0.1, 0.15) is 5.82 Å². The van der Waals surface area contributed by atoms with Gasteiger partial charge in [0.25, 0.3) is 0 Å². The summed E-state index contributed by atoms with van der Waals surface area (Å²) in [6, 6.07) is 4.09. The minimum absolute atomic E-state index is 0.0139. The molecule has 3 amide bonds. The lowest BCUT2D eigenvalue weighted by molar-refractivity contribution is -0.136. The first-order valence-electron chi connectivity index (χ1n) is 9.71. The second-order valence-corrected chi connectivity index (χ2v) is 7.34. The van der Waals surface area contributed by atoms with Crippen LogP contribution in [0.15, 0.2) is 18.2 Å². The summed E-state index contributed by atoms with van der Waals surface area (Å²) in [5.41, 5.74) is 0.460. The maximum absolute atomic E-state index is 14.1. The predicted octanol–water partition coefficient (Wildman–Crippen LogP) is 3.30. The zero-order valence-electron chi connectivity index (χ0n) is 15.4. The molecule has 7 heteroatoms. The molecule has 1 heterocycles. The molecule has 3 rings (SSSR count). The van der Waals surface area contributed by atoms with Crippen LogP contribution in [0.2, 0.25) is 0 Å². The molecule has 1 saturated heterocycles. The Kier molecular flexibility index (Phi) is 6.42. The number of hydrogen-bond donors (Lipinski definition) is 2. The van der Waals surface area contributed by atoms with E-state index in [1.165, 1.54) is 23.1 Å². The van der Waals surface area contributed by atoms with Crippen molar-refractivity contribution in [3.63, 3.8) is 0 Å². The first-order valence-corrected chi connectivity index (χ1v) is 9.71. The van der Waals surface area contributed by atoms with E-state index in [1.54, 1.807) is 0 Å². The minimum atomic E-state index is -0.539. The van der Waals surface area contributed by atoms with Crippen molar-refractivity contribution in [2.24, 2.45) is 5.92 Å². The molecule has 0 unspecified atom stereocenters. The average Bonchev–Trinajstić information content (AvgIpc) is 2.67. The van der Waals surface area contributed by atoms with Crippen LogP contribution in [-0.2, 0) is 14.4 Å². The van der Waals surface area contributed by atoms with Crippen LogP contribution in [0.4, 0.5) is 15.8 Å². The van der Waals surface area contributed by atoms with Crippen molar-refractivity contribution < 1.29 is 18.8 Å². The SMILES string of the molecule is O=C(CN1CCCCC1=O)Nc1ccc(F)c(NC(=O)C2CCCCC2)c1. The first-order chi connectivity index (χ1) is 13.0. The van der Waals surface area contributed by atoms with Gasteiger partial charge in [-0.05, 0) is 43.9 Å². The quantitative estimate of drug-likeness (QED) is 0.829. The molecule has 0 spiro atoms. The van der Waals surface area contributed by atoms with Gasteiger partial charge in [0, 0.05) is 24.6 Å². The van der Waals surface area contributed by atoms with Gasteiger partial charge >= 0.3 is 0 Å². The molecule has 0 radical (unpaired) electrons. The Morgan fingerprint density at radius 3 is 2.59 bits per heavy atom. The Balaban J connectivity index is 1.59. The topological polar surface area (TPSA) is 78.5 Å². The summed E-state index contributed by atoms with van der Waals surface area (Å²) in [6.45, 7) is 0.568. The molecule has 1 aliphatic carbocycles. The number of hydrogen-bond acceptors (Lipinski definition) is 3. The van der Waals surface area contributed by atoms with E-state index in [-0.39, 0.29) is 35.9 Å². The molecule has 0 atom stereocenters. The highest BCUT2D eigenvalue weighted by molar-refractivity contribution is 5.96. The number of anilines is 2. The van der Waals surface area contributed by atoms with E-state index in [0.29, 0.717) is 18.7 Å². The second kappa shape index (κ2) is 8.97. The number of carbonyl (C=O) groups is 3. The van der Waals surface area contributed by atoms with Gasteiger partial charge in [0.15, 0.2) is 0 Å². The van der Waals surface area contributed by atoms with Crippen LogP contribution in [-0.4, -0.2) is 35.7 Å². The van der Waals surface area contributed by atoms with Crippen LogP contribution in [0, 0.1) is 11.7 Å². The summed E-state index contributed by atoms with van der Waals surface area (Å²) < 4.78 is 14.1. The molecule has 2 fully saturated rings. The number of benzene rings is 1. The van der Waals surface area contributed by atoms with Crippen molar-refractivity contribution in [1.82, 2.24) is 4.90 Å². The van der Waals surface area contributed by atoms with E-state index in [1.807, 2.05) is 0 Å². The molecule has 2 N–H and O–H groups in total. The minimum Gasteiger partial charge on any atom is -0.333 e. The maximum atomic E-state index is 14.1. The van der Waals surface area contributed by atoms with E-state index in [4.69, 9.17) is 0 Å². The number of piperidine rings is 1. The van der Waals surface area contributed by atoms with Gasteiger partial charge in [0.05, 0.1) is 12.2 Å². The van der Waals surface area contributed by atoms with Crippen LogP contribution in [0.3, 0.4) is 0 Å². The lowest BCUT2D eigenvalue weighted by Crippen LogP contribution is -2.40. The molecule has 2 aliphatic rings. The van der Waals surface area contributed by atoms with Crippen LogP contribution in [0.25, 0.3) is 0 Å². The van der Waals surface area contributed by atoms with Crippen molar-refractivity contribution in [3.05, 3.63) is 24.0 Å². The molecule has 1 aromatic rings. The van der Waals surface area contributed by atoms with Gasteiger partial charge < -0.3 is 15.5 Å². The Hall–Kier alpha value is -2.44. The van der Waals surface area contributed by atoms with Gasteiger partial charge in [-0.3, -0.25) is 14.4 Å². The molecule has 146 valence electrons. The molecular weight excluding hydrogens is 349 g/mol. The number of amides is 3. The summed E-state index contributed by atoms with van der Waals surface area (Å²) in [6.07, 6.45) is 7.06. The monoisotopic (exact) mass is 375 g/mol. The normalized spacial score (nSPS) is 18.3. The Labute approximate surface area is 158 Å². The summed E-state index contributed by atoms with van der Waals surface area (Å²) in [4.78, 5) is 37.9. The summed E-state index contributed by atoms with van der Waals surface area (Å²) in [5, 5.41) is 5.33. The van der Waals surface area contributed by atoms with E-state index in [9.17, 15) is 18.8 Å². The maximum Gasteiger partial charge on any atom is 0.243 e. The second-order valence-electron chi connectivity index (χ2n) is 7.34. The van der Waals surface area contributed by atoms with Crippen LogP contribution < -0.4 is 10.6 Å². The van der Waals surface area contributed by atoms with Crippen LogP contribution >= 0.6 is 0 Å². The summed E-state index contributed by atoms with van der Waals surface area (Å²) in [5.74, 6) is -1.14. The third-order valence-corrected chi connectivity index (χ3v) is 5.24. The van der Waals surface area contributed by atoms with E-state index in [0.717, 1.165) is 44.9 Å². The van der Waals surface area contributed by atoms with Crippen molar-refractivity contribution >= 4 is 29.1 Å². The molecule has 1 aliphatic heterocycles. The van der Waals surface area contributed by atoms with Gasteiger partial charge in [-0.15, -0.1) is 0 Å². The average molecular weight is 375 g/mol. The number of halogens is 1. The third kappa shape index (κ3) is 5.28. The molecule has 0 bridgehead atoms. The standard InChI is InChI=1S/C20H26FN3O3/c21-16-10-9-15(22-18(25)13-24-11-5-4-8-19(24)26)12-17(16)23-20(27)14-6-2-1-3-7-14/h9-10,12,14H,1-8,11,13H2,(H,22,25)(H,23,27). The van der Waals surface area contributed by atoms with E-state index < -0.39 is 5.82 Å². The fraction of sp³-hybridized carbons (Fsp3) is 0.550. The summed E-state index contributed by atoms with van der Waals surface area (Å²) >= 11 is 0. The smallest absolute Gasteiger partial charge is 0.243 e. The summed E-state index contributed by atoms with van der Waals surface area (Å²) in [7, 11) is 0. The zero-order chi connectivity index (χ0) is 19.2.